The van der Waals surface area contributed by atoms with Gasteiger partial charge in [-0.15, -0.1) is 0 Å². The molecule has 2 heterocycles. The lowest BCUT2D eigenvalue weighted by atomic mass is 9.50. The van der Waals surface area contributed by atoms with Crippen molar-refractivity contribution in [2.75, 3.05) is 35.5 Å². The van der Waals surface area contributed by atoms with Crippen molar-refractivity contribution < 1.29 is 33.3 Å². The average molecular weight is 403 g/mol. The highest BCUT2D eigenvalue weighted by molar-refractivity contribution is 5.95. The first-order valence-corrected chi connectivity index (χ1v) is 9.68. The van der Waals surface area contributed by atoms with Crippen LogP contribution in [0.1, 0.15) is 36.5 Å². The van der Waals surface area contributed by atoms with Crippen molar-refractivity contribution in [1.82, 2.24) is 4.90 Å². The van der Waals surface area contributed by atoms with Crippen LogP contribution in [-0.2, 0) is 29.2 Å². The van der Waals surface area contributed by atoms with Gasteiger partial charge in [0.2, 0.25) is 11.7 Å². The molecule has 1 aromatic carbocycles. The van der Waals surface area contributed by atoms with Crippen molar-refractivity contribution in [2.24, 2.45) is 0 Å². The molecule has 2 aliphatic carbocycles. The van der Waals surface area contributed by atoms with Crippen LogP contribution in [-0.4, -0.2) is 69.5 Å². The second-order valence-corrected chi connectivity index (χ2v) is 8.28. The number of likely N-dealkylation sites (tertiary alicyclic amines) is 1. The van der Waals surface area contributed by atoms with Gasteiger partial charge in [-0.2, -0.15) is 0 Å². The highest BCUT2D eigenvalue weighted by Crippen LogP contribution is 2.72. The van der Waals surface area contributed by atoms with Gasteiger partial charge in [-0.1, -0.05) is 6.07 Å². The monoisotopic (exact) mass is 403 g/mol. The molecule has 8 nitrogen and oxygen atoms in total. The molecule has 8 heteroatoms. The number of methoxy groups -OCH3 is 4. The second kappa shape index (κ2) is 5.71. The summed E-state index contributed by atoms with van der Waals surface area (Å²) in [7, 11) is 7.91. The normalized spacial score (nSPS) is 39.4. The summed E-state index contributed by atoms with van der Waals surface area (Å²) < 4.78 is 29.5. The van der Waals surface area contributed by atoms with Crippen LogP contribution in [0, 0.1) is 0 Å². The minimum atomic E-state index is -1.40. The zero-order chi connectivity index (χ0) is 20.8. The molecule has 1 amide bonds. The topological polar surface area (TPSA) is 83.5 Å². The Labute approximate surface area is 169 Å². The van der Waals surface area contributed by atoms with Crippen molar-refractivity contribution in [2.45, 2.75) is 48.2 Å². The van der Waals surface area contributed by atoms with Crippen LogP contribution >= 0.6 is 0 Å². The maximum Gasteiger partial charge on any atom is 0.227 e. The molecule has 1 spiro atoms. The third kappa shape index (κ3) is 1.74. The van der Waals surface area contributed by atoms with Gasteiger partial charge in [0.25, 0.3) is 0 Å². The quantitative estimate of drug-likeness (QED) is 0.750. The largest absolute Gasteiger partial charge is 0.493 e. The van der Waals surface area contributed by atoms with E-state index in [0.717, 1.165) is 11.1 Å². The van der Waals surface area contributed by atoms with Crippen LogP contribution in [0.3, 0.4) is 0 Å². The molecule has 1 aromatic rings. The van der Waals surface area contributed by atoms with Crippen LogP contribution < -0.4 is 9.47 Å². The summed E-state index contributed by atoms with van der Waals surface area (Å²) in [5, 5.41) is 0. The summed E-state index contributed by atoms with van der Waals surface area (Å²) in [4.78, 5) is 28.2. The Kier molecular flexibility index (Phi) is 3.71. The zero-order valence-corrected chi connectivity index (χ0v) is 17.2. The minimum Gasteiger partial charge on any atom is -0.493 e. The van der Waals surface area contributed by atoms with E-state index >= 15 is 0 Å². The van der Waals surface area contributed by atoms with Gasteiger partial charge < -0.3 is 28.6 Å². The van der Waals surface area contributed by atoms with E-state index in [1.165, 1.54) is 14.2 Å². The third-order valence-electron chi connectivity index (χ3n) is 7.62. The lowest BCUT2D eigenvalue weighted by Gasteiger charge is -2.58. The number of rotatable bonds is 4. The van der Waals surface area contributed by atoms with Crippen LogP contribution in [0.25, 0.3) is 0 Å². The first kappa shape index (κ1) is 18.8. The summed E-state index contributed by atoms with van der Waals surface area (Å²) in [6, 6.07) is 3.78. The number of carbonyl (C=O) groups is 2. The van der Waals surface area contributed by atoms with Crippen molar-refractivity contribution in [3.05, 3.63) is 23.3 Å². The van der Waals surface area contributed by atoms with Gasteiger partial charge in [-0.3, -0.25) is 9.59 Å². The van der Waals surface area contributed by atoms with E-state index < -0.39 is 22.8 Å². The number of amides is 1. The molecule has 0 aromatic heterocycles. The number of hydrogen-bond donors (Lipinski definition) is 0. The zero-order valence-electron chi connectivity index (χ0n) is 17.2. The highest BCUT2D eigenvalue weighted by Gasteiger charge is 2.84. The summed E-state index contributed by atoms with van der Waals surface area (Å²) >= 11 is 0. The van der Waals surface area contributed by atoms with E-state index in [2.05, 4.69) is 0 Å². The Bertz CT molecular complexity index is 932. The number of Topliss-reactive ketones (excluding diaryl/α,β-unsaturated/α-hetero) is 1. The van der Waals surface area contributed by atoms with Gasteiger partial charge in [0.05, 0.1) is 20.3 Å². The van der Waals surface area contributed by atoms with E-state index in [0.29, 0.717) is 17.9 Å². The number of likely N-dealkylation sites (N-methyl/N-ethyl adjacent to an activating group) is 1. The summed E-state index contributed by atoms with van der Waals surface area (Å²) in [5.41, 5.74) is -0.0269. The van der Waals surface area contributed by atoms with E-state index in [9.17, 15) is 9.59 Å². The Morgan fingerprint density at radius 2 is 1.86 bits per heavy atom. The fourth-order valence-electron chi connectivity index (χ4n) is 6.68. The predicted molar refractivity (Wildman–Crippen MR) is 99.9 cm³/mol. The van der Waals surface area contributed by atoms with Gasteiger partial charge in [-0.05, 0) is 11.6 Å². The summed E-state index contributed by atoms with van der Waals surface area (Å²) in [5.74, 6) is -0.505. The number of ether oxygens (including phenoxy) is 5. The van der Waals surface area contributed by atoms with Crippen molar-refractivity contribution in [3.63, 3.8) is 0 Å². The van der Waals surface area contributed by atoms with Crippen molar-refractivity contribution in [3.8, 4) is 11.5 Å². The third-order valence-corrected chi connectivity index (χ3v) is 7.62. The predicted octanol–water partition coefficient (Wildman–Crippen LogP) is 1.35. The van der Waals surface area contributed by atoms with E-state index in [4.69, 9.17) is 23.7 Å². The Morgan fingerprint density at radius 3 is 2.48 bits per heavy atom. The molecule has 156 valence electrons. The summed E-state index contributed by atoms with van der Waals surface area (Å²) in [6.07, 6.45) is -0.461. The lowest BCUT2D eigenvalue weighted by Crippen LogP contribution is -2.77. The molecule has 2 unspecified atom stereocenters. The maximum atomic E-state index is 13.3. The van der Waals surface area contributed by atoms with Crippen LogP contribution in [0.4, 0.5) is 0 Å². The molecular formula is C21H25NO7. The number of nitrogens with zero attached hydrogens (tertiary/aromatic N) is 1. The molecule has 2 saturated heterocycles. The van der Waals surface area contributed by atoms with E-state index in [1.807, 2.05) is 12.1 Å². The van der Waals surface area contributed by atoms with Crippen LogP contribution in [0.15, 0.2) is 12.1 Å². The standard InChI is InChI=1S/C21H25NO7/c1-22-15(24)10-19-8-12(23)18(27-4)21(28-5)20(19,22)9-14(29-21)11-6-7-13(25-2)17(26-3)16(11)19/h6-7,14,18H,8-10H2,1-5H3/t14-,18+,19?,20+,21?/m1/s1. The Balaban J connectivity index is 1.92. The molecule has 0 radical (unpaired) electrons. The molecule has 5 rings (SSSR count). The fourth-order valence-corrected chi connectivity index (χ4v) is 6.68. The molecule has 5 atom stereocenters. The number of fused-ring (bicyclic) bond motifs is 3. The molecule has 0 N–H and O–H groups in total. The Morgan fingerprint density at radius 1 is 1.10 bits per heavy atom. The van der Waals surface area contributed by atoms with Crippen molar-refractivity contribution >= 4 is 11.7 Å². The molecule has 3 fully saturated rings. The Hall–Kier alpha value is -2.16. The first-order valence-electron chi connectivity index (χ1n) is 9.68. The number of carbonyl (C=O) groups excluding carboxylic acids is 2. The van der Waals surface area contributed by atoms with Gasteiger partial charge in [-0.25, -0.2) is 0 Å². The number of hydrogen-bond acceptors (Lipinski definition) is 7. The first-order chi connectivity index (χ1) is 13.9. The van der Waals surface area contributed by atoms with Crippen LogP contribution in [0.2, 0.25) is 0 Å². The smallest absolute Gasteiger partial charge is 0.227 e. The molecule has 4 aliphatic rings. The lowest BCUT2D eigenvalue weighted by molar-refractivity contribution is -0.308. The van der Waals surface area contributed by atoms with Crippen LogP contribution in [0.5, 0.6) is 11.5 Å². The number of ketones is 1. The van der Waals surface area contributed by atoms with Gasteiger partial charge in [0.15, 0.2) is 23.4 Å². The molecule has 2 aliphatic heterocycles. The average Bonchev–Trinajstić information content (AvgIpc) is 3.17. The fraction of sp³-hybridized carbons (Fsp3) is 0.619. The van der Waals surface area contributed by atoms with Gasteiger partial charge in [0, 0.05) is 51.5 Å². The van der Waals surface area contributed by atoms with E-state index in [1.54, 1.807) is 26.2 Å². The van der Waals surface area contributed by atoms with Gasteiger partial charge >= 0.3 is 0 Å². The molecule has 1 saturated carbocycles. The maximum absolute atomic E-state index is 13.3. The van der Waals surface area contributed by atoms with Crippen molar-refractivity contribution in [1.29, 1.82) is 0 Å². The minimum absolute atomic E-state index is 0.0575. The second-order valence-electron chi connectivity index (χ2n) is 8.28. The molecular weight excluding hydrogens is 378 g/mol. The SMILES string of the molecule is COc1ccc2c(c1OC)C13CC(=O)[C@H](OC)C4(OC)O[C@@H]2C[C@]14N(C)C(=O)C3. The molecule has 2 bridgehead atoms. The highest BCUT2D eigenvalue weighted by atomic mass is 16.7. The number of benzene rings is 1. The molecule has 29 heavy (non-hydrogen) atoms. The van der Waals surface area contributed by atoms with Gasteiger partial charge in [0.1, 0.15) is 5.54 Å². The summed E-state index contributed by atoms with van der Waals surface area (Å²) in [6.45, 7) is 0. The van der Waals surface area contributed by atoms with E-state index in [-0.39, 0.29) is 30.6 Å².